The second-order valence-corrected chi connectivity index (χ2v) is 5.93. The second-order valence-electron chi connectivity index (χ2n) is 5.01. The van der Waals surface area contributed by atoms with E-state index >= 15 is 0 Å². The summed E-state index contributed by atoms with van der Waals surface area (Å²) in [5, 5.41) is 3.78. The molecule has 3 atom stereocenters. The molecule has 0 amide bonds. The van der Waals surface area contributed by atoms with Gasteiger partial charge in [-0.2, -0.15) is 0 Å². The highest BCUT2D eigenvalue weighted by molar-refractivity contribution is 7.09. The number of nitrogens with one attached hydrogen (secondary N) is 1. The van der Waals surface area contributed by atoms with E-state index in [-0.39, 0.29) is 0 Å². The van der Waals surface area contributed by atoms with Gasteiger partial charge >= 0.3 is 0 Å². The maximum atomic E-state index is 4.15. The van der Waals surface area contributed by atoms with E-state index in [1.54, 1.807) is 11.3 Å². The van der Waals surface area contributed by atoms with Gasteiger partial charge in [-0.25, -0.2) is 0 Å². The van der Waals surface area contributed by atoms with Crippen LogP contribution in [0.5, 0.6) is 0 Å². The molecular formula is C13H22N2S. The second kappa shape index (κ2) is 5.78. The molecule has 1 heterocycles. The quantitative estimate of drug-likeness (QED) is 0.811. The van der Waals surface area contributed by atoms with Gasteiger partial charge in [-0.05, 0) is 25.7 Å². The predicted molar refractivity (Wildman–Crippen MR) is 69.7 cm³/mol. The molecule has 1 saturated carbocycles. The minimum atomic E-state index is 0.457. The molecule has 1 aromatic heterocycles. The first-order valence-electron chi connectivity index (χ1n) is 6.42. The van der Waals surface area contributed by atoms with Crippen molar-refractivity contribution in [2.24, 2.45) is 5.92 Å². The van der Waals surface area contributed by atoms with E-state index in [9.17, 15) is 0 Å². The molecule has 0 aromatic carbocycles. The van der Waals surface area contributed by atoms with Gasteiger partial charge in [0.2, 0.25) is 0 Å². The molecule has 0 bridgehead atoms. The molecule has 0 spiro atoms. The Bertz CT molecular complexity index is 297. The fourth-order valence-electron chi connectivity index (χ4n) is 2.58. The SMILES string of the molecule is CC(NC1CCCCCC1C)c1cncs1. The maximum absolute atomic E-state index is 4.15. The molecule has 2 rings (SSSR count). The molecule has 0 radical (unpaired) electrons. The number of aromatic nitrogens is 1. The first-order valence-corrected chi connectivity index (χ1v) is 7.30. The van der Waals surface area contributed by atoms with Crippen molar-refractivity contribution in [3.63, 3.8) is 0 Å². The van der Waals surface area contributed by atoms with Gasteiger partial charge in [-0.1, -0.05) is 26.2 Å². The van der Waals surface area contributed by atoms with Crippen molar-refractivity contribution in [2.75, 3.05) is 0 Å². The van der Waals surface area contributed by atoms with Crippen molar-refractivity contribution in [1.29, 1.82) is 0 Å². The van der Waals surface area contributed by atoms with Crippen LogP contribution in [0.2, 0.25) is 0 Å². The van der Waals surface area contributed by atoms with Gasteiger partial charge in [0.05, 0.1) is 5.51 Å². The Morgan fingerprint density at radius 1 is 1.38 bits per heavy atom. The van der Waals surface area contributed by atoms with E-state index in [2.05, 4.69) is 24.1 Å². The Kier molecular flexibility index (Phi) is 4.36. The Morgan fingerprint density at radius 3 is 2.94 bits per heavy atom. The molecule has 0 aliphatic heterocycles. The lowest BCUT2D eigenvalue weighted by molar-refractivity contribution is 0.331. The van der Waals surface area contributed by atoms with Crippen LogP contribution < -0.4 is 5.32 Å². The predicted octanol–water partition coefficient (Wildman–Crippen LogP) is 3.76. The smallest absolute Gasteiger partial charge is 0.0794 e. The van der Waals surface area contributed by atoms with Crippen LogP contribution in [0.1, 0.15) is 56.9 Å². The summed E-state index contributed by atoms with van der Waals surface area (Å²) in [5.74, 6) is 0.817. The molecule has 1 aliphatic carbocycles. The van der Waals surface area contributed by atoms with Crippen molar-refractivity contribution in [2.45, 2.75) is 58.0 Å². The molecule has 0 saturated heterocycles. The Labute approximate surface area is 102 Å². The Morgan fingerprint density at radius 2 is 2.19 bits per heavy atom. The van der Waals surface area contributed by atoms with Gasteiger partial charge in [0, 0.05) is 23.2 Å². The monoisotopic (exact) mass is 238 g/mol. The van der Waals surface area contributed by atoms with Crippen LogP contribution in [0.15, 0.2) is 11.7 Å². The van der Waals surface area contributed by atoms with E-state index in [1.165, 1.54) is 37.0 Å². The minimum absolute atomic E-state index is 0.457. The van der Waals surface area contributed by atoms with E-state index in [1.807, 2.05) is 11.7 Å². The first-order chi connectivity index (χ1) is 7.77. The van der Waals surface area contributed by atoms with Crippen LogP contribution in [-0.2, 0) is 0 Å². The zero-order chi connectivity index (χ0) is 11.4. The molecule has 1 aliphatic rings. The Hall–Kier alpha value is -0.410. The summed E-state index contributed by atoms with van der Waals surface area (Å²) >= 11 is 1.75. The largest absolute Gasteiger partial charge is 0.306 e. The van der Waals surface area contributed by atoms with Crippen LogP contribution in [-0.4, -0.2) is 11.0 Å². The summed E-state index contributed by atoms with van der Waals surface area (Å²) in [5.41, 5.74) is 1.92. The molecule has 3 heteroatoms. The van der Waals surface area contributed by atoms with Gasteiger partial charge < -0.3 is 5.32 Å². The number of hydrogen-bond donors (Lipinski definition) is 1. The van der Waals surface area contributed by atoms with Crippen LogP contribution >= 0.6 is 11.3 Å². The van der Waals surface area contributed by atoms with Gasteiger partial charge in [0.25, 0.3) is 0 Å². The third-order valence-corrected chi connectivity index (χ3v) is 4.66. The van der Waals surface area contributed by atoms with Crippen molar-refractivity contribution in [1.82, 2.24) is 10.3 Å². The van der Waals surface area contributed by atoms with E-state index in [0.29, 0.717) is 12.1 Å². The zero-order valence-electron chi connectivity index (χ0n) is 10.3. The van der Waals surface area contributed by atoms with Crippen LogP contribution in [0, 0.1) is 5.92 Å². The topological polar surface area (TPSA) is 24.9 Å². The van der Waals surface area contributed by atoms with E-state index in [0.717, 1.165) is 5.92 Å². The fraction of sp³-hybridized carbons (Fsp3) is 0.769. The third-order valence-electron chi connectivity index (χ3n) is 3.70. The van der Waals surface area contributed by atoms with Gasteiger partial charge in [0.15, 0.2) is 0 Å². The van der Waals surface area contributed by atoms with Crippen molar-refractivity contribution in [3.05, 3.63) is 16.6 Å². The average Bonchev–Trinajstić information content (AvgIpc) is 2.73. The van der Waals surface area contributed by atoms with Crippen LogP contribution in [0.3, 0.4) is 0 Å². The number of hydrogen-bond acceptors (Lipinski definition) is 3. The molecule has 1 N–H and O–H groups in total. The summed E-state index contributed by atoms with van der Waals surface area (Å²) < 4.78 is 0. The van der Waals surface area contributed by atoms with Crippen molar-refractivity contribution < 1.29 is 0 Å². The maximum Gasteiger partial charge on any atom is 0.0794 e. The van der Waals surface area contributed by atoms with Gasteiger partial charge in [-0.3, -0.25) is 4.98 Å². The summed E-state index contributed by atoms with van der Waals surface area (Å²) in [7, 11) is 0. The molecular weight excluding hydrogens is 216 g/mol. The highest BCUT2D eigenvalue weighted by Gasteiger charge is 2.21. The van der Waals surface area contributed by atoms with E-state index in [4.69, 9.17) is 0 Å². The number of thiazole rings is 1. The molecule has 1 fully saturated rings. The fourth-order valence-corrected chi connectivity index (χ4v) is 3.22. The third kappa shape index (κ3) is 3.05. The number of nitrogens with zero attached hydrogens (tertiary/aromatic N) is 1. The van der Waals surface area contributed by atoms with Crippen molar-refractivity contribution in [3.8, 4) is 0 Å². The van der Waals surface area contributed by atoms with Gasteiger partial charge in [-0.15, -0.1) is 11.3 Å². The van der Waals surface area contributed by atoms with E-state index < -0.39 is 0 Å². The summed E-state index contributed by atoms with van der Waals surface area (Å²) in [6.45, 7) is 4.65. The normalized spacial score (nSPS) is 28.6. The highest BCUT2D eigenvalue weighted by Crippen LogP contribution is 2.26. The summed E-state index contributed by atoms with van der Waals surface area (Å²) in [6.07, 6.45) is 8.92. The number of rotatable bonds is 3. The lowest BCUT2D eigenvalue weighted by Gasteiger charge is -2.26. The summed E-state index contributed by atoms with van der Waals surface area (Å²) in [4.78, 5) is 5.51. The molecule has 2 nitrogen and oxygen atoms in total. The molecule has 90 valence electrons. The van der Waals surface area contributed by atoms with Crippen LogP contribution in [0.25, 0.3) is 0 Å². The molecule has 16 heavy (non-hydrogen) atoms. The first kappa shape index (κ1) is 12.1. The van der Waals surface area contributed by atoms with Crippen LogP contribution in [0.4, 0.5) is 0 Å². The lowest BCUT2D eigenvalue weighted by Crippen LogP contribution is -2.35. The standard InChI is InChI=1S/C13H22N2S/c1-10-6-4-3-5-7-12(10)15-11(2)13-8-14-9-16-13/h8-12,15H,3-7H2,1-2H3. The molecule has 1 aromatic rings. The minimum Gasteiger partial charge on any atom is -0.306 e. The zero-order valence-corrected chi connectivity index (χ0v) is 11.1. The van der Waals surface area contributed by atoms with Crippen molar-refractivity contribution >= 4 is 11.3 Å². The Balaban J connectivity index is 1.92. The van der Waals surface area contributed by atoms with Gasteiger partial charge in [0.1, 0.15) is 0 Å². The molecule has 3 unspecified atom stereocenters. The average molecular weight is 238 g/mol. The lowest BCUT2D eigenvalue weighted by atomic mass is 9.96. The highest BCUT2D eigenvalue weighted by atomic mass is 32.1. The summed E-state index contributed by atoms with van der Waals surface area (Å²) in [6, 6.07) is 1.15.